The third kappa shape index (κ3) is 14.2. The Morgan fingerprint density at radius 3 is 1.90 bits per heavy atom. The average Bonchev–Trinajstić information content (AvgIpc) is 2.70. The van der Waals surface area contributed by atoms with Gasteiger partial charge in [-0.3, -0.25) is 14.9 Å². The zero-order valence-electron chi connectivity index (χ0n) is 18.9. The van der Waals surface area contributed by atoms with Gasteiger partial charge in [-0.2, -0.15) is 0 Å². The van der Waals surface area contributed by atoms with Crippen LogP contribution < -0.4 is 10.6 Å². The fraction of sp³-hybridized carbons (Fsp3) is 0.750. The number of nitrogens with one attached hydrogen (secondary N) is 2. The molecular weight excluding hydrogens is 364 g/mol. The summed E-state index contributed by atoms with van der Waals surface area (Å²) in [5.74, 6) is -0.418. The lowest BCUT2D eigenvalue weighted by atomic mass is 10.0. The summed E-state index contributed by atoms with van der Waals surface area (Å²) in [6.07, 6.45) is 21.2. The van der Waals surface area contributed by atoms with E-state index in [1.54, 1.807) is 18.2 Å². The van der Waals surface area contributed by atoms with Crippen LogP contribution in [-0.2, 0) is 9.59 Å². The lowest BCUT2D eigenvalue weighted by Crippen LogP contribution is -2.66. The summed E-state index contributed by atoms with van der Waals surface area (Å²) in [6, 6.07) is 0. The third-order valence-electron chi connectivity index (χ3n) is 5.17. The number of aliphatic hydroxyl groups excluding tert-OH is 1. The number of allylic oxidation sites excluding steroid dienone is 3. The Balaban J connectivity index is 3.98. The van der Waals surface area contributed by atoms with Crippen LogP contribution in [0.3, 0.4) is 0 Å². The second-order valence-corrected chi connectivity index (χ2v) is 7.85. The molecule has 5 nitrogen and oxygen atoms in total. The van der Waals surface area contributed by atoms with Crippen LogP contribution in [0.25, 0.3) is 0 Å². The summed E-state index contributed by atoms with van der Waals surface area (Å²) in [6.45, 7) is 6.17. The molecule has 5 heteroatoms. The molecule has 1 amide bonds. The first kappa shape index (κ1) is 27.5. The van der Waals surface area contributed by atoms with Crippen molar-refractivity contribution in [2.75, 3.05) is 6.54 Å². The van der Waals surface area contributed by atoms with Gasteiger partial charge in [0.25, 0.3) is 0 Å². The number of aliphatic hydroxyl groups is 1. The molecule has 0 rings (SSSR count). The first-order valence-electron chi connectivity index (χ1n) is 11.5. The molecule has 0 saturated carbocycles. The summed E-state index contributed by atoms with van der Waals surface area (Å²) in [5.41, 5.74) is -1.45. The van der Waals surface area contributed by atoms with E-state index in [0.717, 1.165) is 12.8 Å². The van der Waals surface area contributed by atoms with Gasteiger partial charge in [-0.25, -0.2) is 0 Å². The highest BCUT2D eigenvalue weighted by atomic mass is 16.3. The van der Waals surface area contributed by atoms with Crippen molar-refractivity contribution in [3.63, 3.8) is 0 Å². The third-order valence-corrected chi connectivity index (χ3v) is 5.17. The van der Waals surface area contributed by atoms with E-state index in [1.807, 2.05) is 6.92 Å². The van der Waals surface area contributed by atoms with Crippen molar-refractivity contribution in [1.82, 2.24) is 10.6 Å². The molecule has 0 aromatic rings. The fourth-order valence-corrected chi connectivity index (χ4v) is 3.23. The summed E-state index contributed by atoms with van der Waals surface area (Å²) >= 11 is 0. The molecule has 0 aromatic carbocycles. The monoisotopic (exact) mass is 408 g/mol. The van der Waals surface area contributed by atoms with Crippen molar-refractivity contribution in [2.24, 2.45) is 0 Å². The SMILES string of the molecule is C/C=C/C=C/C(=O)N[C@@](C=O)(NCCCCCCCCCCCCCC)[C@@H](C)O. The zero-order valence-corrected chi connectivity index (χ0v) is 18.9. The Hall–Kier alpha value is -1.46. The van der Waals surface area contributed by atoms with Crippen molar-refractivity contribution in [2.45, 2.75) is 110 Å². The average molecular weight is 409 g/mol. The molecule has 0 aliphatic carbocycles. The lowest BCUT2D eigenvalue weighted by molar-refractivity contribution is -0.128. The Morgan fingerprint density at radius 1 is 0.931 bits per heavy atom. The van der Waals surface area contributed by atoms with Gasteiger partial charge in [0.2, 0.25) is 5.91 Å². The van der Waals surface area contributed by atoms with Crippen molar-refractivity contribution in [1.29, 1.82) is 0 Å². The summed E-state index contributed by atoms with van der Waals surface area (Å²) < 4.78 is 0. The highest BCUT2D eigenvalue weighted by molar-refractivity contribution is 5.91. The van der Waals surface area contributed by atoms with E-state index in [4.69, 9.17) is 0 Å². The molecule has 0 saturated heterocycles. The molecule has 0 unspecified atom stereocenters. The number of hydrogen-bond donors (Lipinski definition) is 3. The van der Waals surface area contributed by atoms with Crippen molar-refractivity contribution in [3.05, 3.63) is 24.3 Å². The van der Waals surface area contributed by atoms with E-state index >= 15 is 0 Å². The minimum Gasteiger partial charge on any atom is -0.389 e. The number of carbonyl (C=O) groups is 2. The van der Waals surface area contributed by atoms with Gasteiger partial charge in [0.05, 0.1) is 6.10 Å². The van der Waals surface area contributed by atoms with E-state index < -0.39 is 17.7 Å². The molecule has 0 aromatic heterocycles. The molecule has 0 radical (unpaired) electrons. The first-order valence-corrected chi connectivity index (χ1v) is 11.5. The molecule has 0 aliphatic rings. The van der Waals surface area contributed by atoms with Gasteiger partial charge in [0.15, 0.2) is 11.9 Å². The zero-order chi connectivity index (χ0) is 21.8. The molecule has 0 spiro atoms. The second kappa shape index (κ2) is 18.6. The molecule has 0 aliphatic heterocycles. The number of unbranched alkanes of at least 4 members (excludes halogenated alkanes) is 11. The van der Waals surface area contributed by atoms with E-state index in [9.17, 15) is 14.7 Å². The Morgan fingerprint density at radius 2 is 1.45 bits per heavy atom. The molecule has 2 atom stereocenters. The molecule has 0 heterocycles. The number of rotatable bonds is 19. The van der Waals surface area contributed by atoms with Crippen LogP contribution in [0.2, 0.25) is 0 Å². The van der Waals surface area contributed by atoms with E-state index in [0.29, 0.717) is 12.8 Å². The smallest absolute Gasteiger partial charge is 0.245 e. The predicted molar refractivity (Wildman–Crippen MR) is 122 cm³/mol. The molecular formula is C24H44N2O3. The van der Waals surface area contributed by atoms with Gasteiger partial charge >= 0.3 is 0 Å². The van der Waals surface area contributed by atoms with Crippen molar-refractivity contribution in [3.8, 4) is 0 Å². The van der Waals surface area contributed by atoms with Crippen molar-refractivity contribution >= 4 is 12.2 Å². The van der Waals surface area contributed by atoms with Gasteiger partial charge in [0, 0.05) is 6.08 Å². The largest absolute Gasteiger partial charge is 0.389 e. The quantitative estimate of drug-likeness (QED) is 0.0943. The van der Waals surface area contributed by atoms with Crippen LogP contribution in [0, 0.1) is 0 Å². The maximum absolute atomic E-state index is 12.0. The number of hydrogen-bond acceptors (Lipinski definition) is 4. The maximum atomic E-state index is 12.0. The minimum atomic E-state index is -1.45. The first-order chi connectivity index (χ1) is 14.0. The van der Waals surface area contributed by atoms with Gasteiger partial charge in [-0.05, 0) is 26.8 Å². The number of carbonyl (C=O) groups excluding carboxylic acids is 2. The van der Waals surface area contributed by atoms with Gasteiger partial charge in [0.1, 0.15) is 0 Å². The normalized spacial score (nSPS) is 14.9. The standard InChI is InChI=1S/C24H44N2O3/c1-4-6-8-9-10-11-12-13-14-15-16-18-20-25-24(21-27,22(3)28)26-23(29)19-17-7-5-2/h5,7,17,19,21-22,25,28H,4,6,8-16,18,20H2,1-3H3,(H,26,29)/b7-5+,19-17+/t22-,24-/m1/s1. The van der Waals surface area contributed by atoms with E-state index in [2.05, 4.69) is 17.6 Å². The summed E-state index contributed by atoms with van der Waals surface area (Å²) in [4.78, 5) is 23.6. The van der Waals surface area contributed by atoms with Crippen LogP contribution in [-0.4, -0.2) is 35.6 Å². The lowest BCUT2D eigenvalue weighted by Gasteiger charge is -2.32. The number of amides is 1. The highest BCUT2D eigenvalue weighted by Gasteiger charge is 2.35. The number of aldehydes is 1. The molecule has 3 N–H and O–H groups in total. The highest BCUT2D eigenvalue weighted by Crippen LogP contribution is 2.12. The Kier molecular flexibility index (Phi) is 17.6. The molecule has 168 valence electrons. The Bertz CT molecular complexity index is 475. The topological polar surface area (TPSA) is 78.4 Å². The van der Waals surface area contributed by atoms with Gasteiger partial charge in [-0.1, -0.05) is 95.8 Å². The van der Waals surface area contributed by atoms with Crippen LogP contribution in [0.1, 0.15) is 97.8 Å². The summed E-state index contributed by atoms with van der Waals surface area (Å²) in [5, 5.41) is 15.7. The van der Waals surface area contributed by atoms with Crippen LogP contribution in [0.4, 0.5) is 0 Å². The van der Waals surface area contributed by atoms with Crippen LogP contribution in [0.5, 0.6) is 0 Å². The molecule has 29 heavy (non-hydrogen) atoms. The van der Waals surface area contributed by atoms with Crippen LogP contribution >= 0.6 is 0 Å². The minimum absolute atomic E-state index is 0.418. The van der Waals surface area contributed by atoms with Crippen LogP contribution in [0.15, 0.2) is 24.3 Å². The van der Waals surface area contributed by atoms with Gasteiger partial charge < -0.3 is 10.4 Å². The van der Waals surface area contributed by atoms with Gasteiger partial charge in [-0.15, -0.1) is 0 Å². The van der Waals surface area contributed by atoms with Crippen molar-refractivity contribution < 1.29 is 14.7 Å². The predicted octanol–water partition coefficient (Wildman–Crippen LogP) is 4.80. The summed E-state index contributed by atoms with van der Waals surface area (Å²) in [7, 11) is 0. The molecule has 0 fully saturated rings. The second-order valence-electron chi connectivity index (χ2n) is 7.85. The fourth-order valence-electron chi connectivity index (χ4n) is 3.23. The Labute approximate surface area is 178 Å². The maximum Gasteiger partial charge on any atom is 0.245 e. The molecule has 0 bridgehead atoms. The van der Waals surface area contributed by atoms with E-state index in [-0.39, 0.29) is 0 Å². The van der Waals surface area contributed by atoms with E-state index in [1.165, 1.54) is 77.2 Å².